The molecule has 4 heteroatoms. The highest BCUT2D eigenvalue weighted by Crippen LogP contribution is 2.30. The first-order chi connectivity index (χ1) is 10.6. The highest BCUT2D eigenvalue weighted by atomic mass is 16.2. The fourth-order valence-electron chi connectivity index (χ4n) is 3.54. The Morgan fingerprint density at radius 1 is 1.32 bits per heavy atom. The van der Waals surface area contributed by atoms with Crippen LogP contribution in [0.3, 0.4) is 0 Å². The lowest BCUT2D eigenvalue weighted by Gasteiger charge is -2.28. The Kier molecular flexibility index (Phi) is 4.46. The van der Waals surface area contributed by atoms with E-state index in [-0.39, 0.29) is 23.8 Å². The van der Waals surface area contributed by atoms with Gasteiger partial charge in [-0.15, -0.1) is 0 Å². The van der Waals surface area contributed by atoms with E-state index in [1.165, 1.54) is 16.7 Å². The molecule has 1 aromatic carbocycles. The topological polar surface area (TPSA) is 58.2 Å². The van der Waals surface area contributed by atoms with Crippen LogP contribution in [0, 0.1) is 12.8 Å². The maximum atomic E-state index is 12.3. The first-order valence-corrected chi connectivity index (χ1v) is 8.27. The molecule has 3 rings (SSSR count). The first kappa shape index (κ1) is 15.1. The summed E-state index contributed by atoms with van der Waals surface area (Å²) in [7, 11) is 0. The summed E-state index contributed by atoms with van der Waals surface area (Å²) in [6, 6.07) is 6.70. The highest BCUT2D eigenvalue weighted by molar-refractivity contribution is 5.79. The average Bonchev–Trinajstić information content (AvgIpc) is 2.50. The fraction of sp³-hybridized carbons (Fsp3) is 0.556. The Morgan fingerprint density at radius 3 is 2.95 bits per heavy atom. The van der Waals surface area contributed by atoms with Gasteiger partial charge >= 0.3 is 0 Å². The van der Waals surface area contributed by atoms with Crippen LogP contribution in [-0.4, -0.2) is 18.4 Å². The van der Waals surface area contributed by atoms with Gasteiger partial charge in [0.25, 0.3) is 0 Å². The number of rotatable bonds is 3. The summed E-state index contributed by atoms with van der Waals surface area (Å²) in [5, 5.41) is 6.05. The van der Waals surface area contributed by atoms with Gasteiger partial charge in [0.2, 0.25) is 11.8 Å². The summed E-state index contributed by atoms with van der Waals surface area (Å²) in [6.45, 7) is 2.73. The average molecular weight is 300 g/mol. The van der Waals surface area contributed by atoms with Gasteiger partial charge in [0, 0.05) is 19.4 Å². The molecule has 22 heavy (non-hydrogen) atoms. The van der Waals surface area contributed by atoms with E-state index in [0.29, 0.717) is 19.4 Å². The van der Waals surface area contributed by atoms with Crippen molar-refractivity contribution in [1.82, 2.24) is 10.6 Å². The zero-order valence-electron chi connectivity index (χ0n) is 13.2. The second kappa shape index (κ2) is 6.51. The van der Waals surface area contributed by atoms with Crippen molar-refractivity contribution < 1.29 is 9.59 Å². The molecule has 0 radical (unpaired) electrons. The van der Waals surface area contributed by atoms with Gasteiger partial charge in [-0.1, -0.05) is 23.8 Å². The number of carbonyl (C=O) groups is 2. The van der Waals surface area contributed by atoms with E-state index in [0.717, 1.165) is 25.7 Å². The lowest BCUT2D eigenvalue weighted by atomic mass is 9.86. The molecule has 4 nitrogen and oxygen atoms in total. The molecule has 2 aliphatic rings. The lowest BCUT2D eigenvalue weighted by molar-refractivity contribution is -0.126. The lowest BCUT2D eigenvalue weighted by Crippen LogP contribution is -2.38. The van der Waals surface area contributed by atoms with Gasteiger partial charge in [0.15, 0.2) is 0 Å². The van der Waals surface area contributed by atoms with Gasteiger partial charge < -0.3 is 10.6 Å². The molecule has 118 valence electrons. The van der Waals surface area contributed by atoms with Crippen LogP contribution in [0.4, 0.5) is 0 Å². The number of hydrogen-bond donors (Lipinski definition) is 2. The summed E-state index contributed by atoms with van der Waals surface area (Å²) < 4.78 is 0. The molecule has 1 unspecified atom stereocenters. The van der Waals surface area contributed by atoms with Crippen LogP contribution in [0.2, 0.25) is 0 Å². The van der Waals surface area contributed by atoms with Gasteiger partial charge in [-0.2, -0.15) is 0 Å². The zero-order valence-corrected chi connectivity index (χ0v) is 13.2. The Morgan fingerprint density at radius 2 is 2.18 bits per heavy atom. The summed E-state index contributed by atoms with van der Waals surface area (Å²) in [5.74, 6) is 0.493. The molecule has 0 bridgehead atoms. The number of amides is 2. The molecule has 1 aromatic rings. The Labute approximate surface area is 131 Å². The third-order valence-corrected chi connectivity index (χ3v) is 4.79. The van der Waals surface area contributed by atoms with E-state index in [2.05, 4.69) is 35.8 Å². The van der Waals surface area contributed by atoms with Crippen LogP contribution in [0.15, 0.2) is 18.2 Å². The molecule has 1 heterocycles. The van der Waals surface area contributed by atoms with Crippen molar-refractivity contribution in [2.45, 2.75) is 51.5 Å². The van der Waals surface area contributed by atoms with Crippen molar-refractivity contribution in [3.8, 4) is 0 Å². The van der Waals surface area contributed by atoms with Crippen molar-refractivity contribution in [2.24, 2.45) is 5.92 Å². The third-order valence-electron chi connectivity index (χ3n) is 4.79. The van der Waals surface area contributed by atoms with Crippen LogP contribution < -0.4 is 10.6 Å². The number of piperidine rings is 1. The number of nitrogens with one attached hydrogen (secondary N) is 2. The molecule has 0 aromatic heterocycles. The minimum Gasteiger partial charge on any atom is -0.356 e. The number of hydrogen-bond acceptors (Lipinski definition) is 2. The molecule has 2 amide bonds. The van der Waals surface area contributed by atoms with Gasteiger partial charge in [-0.05, 0) is 49.7 Å². The van der Waals surface area contributed by atoms with Crippen molar-refractivity contribution in [1.29, 1.82) is 0 Å². The minimum atomic E-state index is 0.105. The van der Waals surface area contributed by atoms with Crippen molar-refractivity contribution in [2.75, 3.05) is 6.54 Å². The quantitative estimate of drug-likeness (QED) is 0.900. The van der Waals surface area contributed by atoms with Crippen molar-refractivity contribution in [3.05, 3.63) is 34.9 Å². The molecular formula is C18H24N2O2. The van der Waals surface area contributed by atoms with Gasteiger partial charge in [-0.25, -0.2) is 0 Å². The van der Waals surface area contributed by atoms with E-state index >= 15 is 0 Å². The monoisotopic (exact) mass is 300 g/mol. The maximum absolute atomic E-state index is 12.3. The largest absolute Gasteiger partial charge is 0.356 e. The summed E-state index contributed by atoms with van der Waals surface area (Å²) in [4.78, 5) is 23.5. The van der Waals surface area contributed by atoms with Gasteiger partial charge in [-0.3, -0.25) is 9.59 Å². The molecule has 0 spiro atoms. The summed E-state index contributed by atoms with van der Waals surface area (Å²) in [5.41, 5.74) is 3.90. The zero-order chi connectivity index (χ0) is 15.5. The highest BCUT2D eigenvalue weighted by Gasteiger charge is 2.25. The second-order valence-electron chi connectivity index (χ2n) is 6.63. The molecule has 1 saturated heterocycles. The molecule has 1 fully saturated rings. The minimum absolute atomic E-state index is 0.105. The predicted octanol–water partition coefficient (Wildman–Crippen LogP) is 2.40. The number of carbonyl (C=O) groups excluding carboxylic acids is 2. The normalized spacial score (nSPS) is 24.3. The fourth-order valence-corrected chi connectivity index (χ4v) is 3.54. The van der Waals surface area contributed by atoms with Crippen LogP contribution >= 0.6 is 0 Å². The van der Waals surface area contributed by atoms with Crippen LogP contribution in [0.25, 0.3) is 0 Å². The Balaban J connectivity index is 1.60. The second-order valence-corrected chi connectivity index (χ2v) is 6.63. The standard InChI is InChI=1S/C18H24N2O2/c1-12-5-7-14-3-2-4-16(15(14)9-12)20-18(22)10-13-6-8-17(21)19-11-13/h5,7,9,13,16H,2-4,6,8,10-11H2,1H3,(H,19,21)(H,20,22)/t13?,16-/m1/s1. The van der Waals surface area contributed by atoms with E-state index in [9.17, 15) is 9.59 Å². The number of benzene rings is 1. The van der Waals surface area contributed by atoms with E-state index in [1.807, 2.05) is 0 Å². The third kappa shape index (κ3) is 3.49. The van der Waals surface area contributed by atoms with Crippen LogP contribution in [0.1, 0.15) is 54.8 Å². The first-order valence-electron chi connectivity index (χ1n) is 8.27. The predicted molar refractivity (Wildman–Crippen MR) is 85.4 cm³/mol. The Hall–Kier alpha value is -1.84. The summed E-state index contributed by atoms with van der Waals surface area (Å²) in [6.07, 6.45) is 5.13. The smallest absolute Gasteiger partial charge is 0.220 e. The molecular weight excluding hydrogens is 276 g/mol. The number of aryl methyl sites for hydroxylation is 2. The SMILES string of the molecule is Cc1ccc2c(c1)[C@H](NC(=O)CC1CCC(=O)NC1)CCC2. The van der Waals surface area contributed by atoms with Crippen molar-refractivity contribution >= 4 is 11.8 Å². The molecule has 1 aliphatic heterocycles. The van der Waals surface area contributed by atoms with Gasteiger partial charge in [0.05, 0.1) is 6.04 Å². The molecule has 2 N–H and O–H groups in total. The summed E-state index contributed by atoms with van der Waals surface area (Å²) >= 11 is 0. The van der Waals surface area contributed by atoms with Crippen LogP contribution in [-0.2, 0) is 16.0 Å². The van der Waals surface area contributed by atoms with E-state index in [4.69, 9.17) is 0 Å². The maximum Gasteiger partial charge on any atom is 0.220 e. The van der Waals surface area contributed by atoms with Crippen LogP contribution in [0.5, 0.6) is 0 Å². The molecule has 1 aliphatic carbocycles. The van der Waals surface area contributed by atoms with Gasteiger partial charge in [0.1, 0.15) is 0 Å². The van der Waals surface area contributed by atoms with E-state index < -0.39 is 0 Å². The number of fused-ring (bicyclic) bond motifs is 1. The molecule has 2 atom stereocenters. The Bertz CT molecular complexity index is 572. The van der Waals surface area contributed by atoms with Crippen molar-refractivity contribution in [3.63, 3.8) is 0 Å². The van der Waals surface area contributed by atoms with E-state index in [1.54, 1.807) is 0 Å². The molecule has 0 saturated carbocycles.